The molecular weight excluding hydrogens is 270 g/mol. The summed E-state index contributed by atoms with van der Waals surface area (Å²) in [4.78, 5) is 1.21. The fraction of sp³-hybridized carbons (Fsp3) is 0.467. The SMILES string of the molecule is CCCNC(Cc1ccccc1OC)c1snnc1C. The molecule has 0 spiro atoms. The number of aromatic nitrogens is 2. The zero-order valence-electron chi connectivity index (χ0n) is 12.2. The quantitative estimate of drug-likeness (QED) is 0.851. The number of rotatable bonds is 7. The van der Waals surface area contributed by atoms with Gasteiger partial charge in [-0.1, -0.05) is 29.6 Å². The first-order valence-corrected chi connectivity index (χ1v) is 7.67. The van der Waals surface area contributed by atoms with Gasteiger partial charge in [0, 0.05) is 6.04 Å². The predicted octanol–water partition coefficient (Wildman–Crippen LogP) is 3.14. The van der Waals surface area contributed by atoms with Crippen LogP contribution in [0.15, 0.2) is 24.3 Å². The highest BCUT2D eigenvalue weighted by atomic mass is 32.1. The summed E-state index contributed by atoms with van der Waals surface area (Å²) in [6.07, 6.45) is 1.99. The normalized spacial score (nSPS) is 12.3. The monoisotopic (exact) mass is 291 g/mol. The molecule has 0 saturated carbocycles. The highest BCUT2D eigenvalue weighted by Crippen LogP contribution is 2.27. The van der Waals surface area contributed by atoms with Gasteiger partial charge in [0.25, 0.3) is 0 Å². The van der Waals surface area contributed by atoms with Gasteiger partial charge in [0.1, 0.15) is 5.75 Å². The summed E-state index contributed by atoms with van der Waals surface area (Å²) in [5, 5.41) is 7.71. The summed E-state index contributed by atoms with van der Waals surface area (Å²) in [5.74, 6) is 0.936. The van der Waals surface area contributed by atoms with Gasteiger partial charge in [-0.2, -0.15) is 0 Å². The number of hydrogen-bond acceptors (Lipinski definition) is 5. The summed E-state index contributed by atoms with van der Waals surface area (Å²) in [5.41, 5.74) is 2.22. The Morgan fingerprint density at radius 1 is 1.35 bits per heavy atom. The number of nitrogens with one attached hydrogen (secondary N) is 1. The maximum Gasteiger partial charge on any atom is 0.122 e. The molecule has 5 heteroatoms. The molecule has 1 atom stereocenters. The van der Waals surface area contributed by atoms with Crippen LogP contribution >= 0.6 is 11.5 Å². The molecule has 0 fully saturated rings. The zero-order valence-corrected chi connectivity index (χ0v) is 13.0. The van der Waals surface area contributed by atoms with E-state index in [-0.39, 0.29) is 6.04 Å². The third kappa shape index (κ3) is 3.55. The van der Waals surface area contributed by atoms with Crippen molar-refractivity contribution in [3.05, 3.63) is 40.4 Å². The fourth-order valence-corrected chi connectivity index (χ4v) is 2.94. The molecular formula is C15H21N3OS. The van der Waals surface area contributed by atoms with Crippen LogP contribution in [0.1, 0.15) is 35.5 Å². The minimum Gasteiger partial charge on any atom is -0.496 e. The van der Waals surface area contributed by atoms with Crippen molar-refractivity contribution in [1.29, 1.82) is 0 Å². The second kappa shape index (κ2) is 7.36. The zero-order chi connectivity index (χ0) is 14.4. The Labute approximate surface area is 124 Å². The van der Waals surface area contributed by atoms with Crippen LogP contribution in [0, 0.1) is 6.92 Å². The highest BCUT2D eigenvalue weighted by molar-refractivity contribution is 7.05. The van der Waals surface area contributed by atoms with Gasteiger partial charge in [-0.3, -0.25) is 0 Å². The van der Waals surface area contributed by atoms with Crippen LogP contribution in [-0.2, 0) is 6.42 Å². The van der Waals surface area contributed by atoms with E-state index in [0.29, 0.717) is 0 Å². The fourth-order valence-electron chi connectivity index (χ4n) is 2.22. The molecule has 0 aliphatic carbocycles. The van der Waals surface area contributed by atoms with Gasteiger partial charge in [-0.15, -0.1) is 5.10 Å². The molecule has 1 aromatic heterocycles. The van der Waals surface area contributed by atoms with Crippen LogP contribution in [-0.4, -0.2) is 23.2 Å². The largest absolute Gasteiger partial charge is 0.496 e. The Morgan fingerprint density at radius 3 is 2.80 bits per heavy atom. The number of methoxy groups -OCH3 is 1. The van der Waals surface area contributed by atoms with Crippen molar-refractivity contribution in [3.63, 3.8) is 0 Å². The number of aryl methyl sites for hydroxylation is 1. The predicted molar refractivity (Wildman–Crippen MR) is 82.4 cm³/mol. The highest BCUT2D eigenvalue weighted by Gasteiger charge is 2.18. The molecule has 0 amide bonds. The minimum absolute atomic E-state index is 0.242. The van der Waals surface area contributed by atoms with Gasteiger partial charge in [0.15, 0.2) is 0 Å². The van der Waals surface area contributed by atoms with Gasteiger partial charge >= 0.3 is 0 Å². The van der Waals surface area contributed by atoms with Crippen LogP contribution in [0.4, 0.5) is 0 Å². The molecule has 1 N–H and O–H groups in total. The summed E-state index contributed by atoms with van der Waals surface area (Å²) in [6.45, 7) is 5.17. The van der Waals surface area contributed by atoms with Crippen molar-refractivity contribution < 1.29 is 4.74 Å². The lowest BCUT2D eigenvalue weighted by molar-refractivity contribution is 0.405. The average molecular weight is 291 g/mol. The van der Waals surface area contributed by atoms with Gasteiger partial charge in [-0.05, 0) is 49.5 Å². The Balaban J connectivity index is 2.21. The molecule has 1 unspecified atom stereocenters. The molecule has 2 rings (SSSR count). The number of hydrogen-bond donors (Lipinski definition) is 1. The van der Waals surface area contributed by atoms with Crippen molar-refractivity contribution in [1.82, 2.24) is 14.9 Å². The molecule has 0 radical (unpaired) electrons. The molecule has 0 aliphatic rings. The van der Waals surface area contributed by atoms with Gasteiger partial charge in [-0.25, -0.2) is 0 Å². The van der Waals surface area contributed by atoms with E-state index < -0.39 is 0 Å². The van der Waals surface area contributed by atoms with Crippen LogP contribution in [0.3, 0.4) is 0 Å². The Kier molecular flexibility index (Phi) is 5.49. The standard InChI is InChI=1S/C15H21N3OS/c1-4-9-16-13(15-11(2)17-18-20-15)10-12-7-5-6-8-14(12)19-3/h5-8,13,16H,4,9-10H2,1-3H3. The summed E-state index contributed by atoms with van der Waals surface area (Å²) in [7, 11) is 1.72. The van der Waals surface area contributed by atoms with Crippen LogP contribution in [0.2, 0.25) is 0 Å². The Bertz CT molecular complexity index is 541. The number of ether oxygens (including phenoxy) is 1. The van der Waals surface area contributed by atoms with E-state index in [1.54, 1.807) is 7.11 Å². The Morgan fingerprint density at radius 2 is 2.15 bits per heavy atom. The van der Waals surface area contributed by atoms with Crippen LogP contribution in [0.25, 0.3) is 0 Å². The lowest BCUT2D eigenvalue weighted by atomic mass is 10.0. The summed E-state index contributed by atoms with van der Waals surface area (Å²) < 4.78 is 9.50. The van der Waals surface area contributed by atoms with Crippen LogP contribution in [0.5, 0.6) is 5.75 Å². The van der Waals surface area contributed by atoms with Gasteiger partial charge < -0.3 is 10.1 Å². The third-order valence-electron chi connectivity index (χ3n) is 3.26. The summed E-state index contributed by atoms with van der Waals surface area (Å²) >= 11 is 1.48. The molecule has 0 saturated heterocycles. The first kappa shape index (κ1) is 14.9. The lowest BCUT2D eigenvalue weighted by Gasteiger charge is -2.18. The average Bonchev–Trinajstić information content (AvgIpc) is 2.90. The summed E-state index contributed by atoms with van der Waals surface area (Å²) in [6, 6.07) is 8.40. The second-order valence-corrected chi connectivity index (χ2v) is 5.53. The van der Waals surface area contributed by atoms with Crippen molar-refractivity contribution >= 4 is 11.5 Å². The van der Waals surface area contributed by atoms with E-state index in [4.69, 9.17) is 4.74 Å². The van der Waals surface area contributed by atoms with E-state index in [1.165, 1.54) is 22.0 Å². The molecule has 20 heavy (non-hydrogen) atoms. The first-order chi connectivity index (χ1) is 9.76. The van der Waals surface area contributed by atoms with Gasteiger partial charge in [0.2, 0.25) is 0 Å². The van der Waals surface area contributed by atoms with Crippen LogP contribution < -0.4 is 10.1 Å². The van der Waals surface area contributed by atoms with Crippen molar-refractivity contribution in [2.75, 3.05) is 13.7 Å². The Hall–Kier alpha value is -1.46. The number of benzene rings is 1. The molecule has 1 aromatic carbocycles. The molecule has 108 valence electrons. The van der Waals surface area contributed by atoms with E-state index in [9.17, 15) is 0 Å². The van der Waals surface area contributed by atoms with E-state index in [0.717, 1.165) is 30.8 Å². The molecule has 2 aromatic rings. The lowest BCUT2D eigenvalue weighted by Crippen LogP contribution is -2.24. The van der Waals surface area contributed by atoms with Crippen molar-refractivity contribution in [3.8, 4) is 5.75 Å². The smallest absolute Gasteiger partial charge is 0.122 e. The number of nitrogens with zero attached hydrogens (tertiary/aromatic N) is 2. The first-order valence-electron chi connectivity index (χ1n) is 6.90. The maximum absolute atomic E-state index is 5.44. The van der Waals surface area contributed by atoms with Crippen molar-refractivity contribution in [2.45, 2.75) is 32.7 Å². The molecule has 0 bridgehead atoms. The minimum atomic E-state index is 0.242. The van der Waals surface area contributed by atoms with Crippen molar-refractivity contribution in [2.24, 2.45) is 0 Å². The maximum atomic E-state index is 5.44. The van der Waals surface area contributed by atoms with Gasteiger partial charge in [0.05, 0.1) is 17.7 Å². The second-order valence-electron chi connectivity index (χ2n) is 4.75. The van der Waals surface area contributed by atoms with E-state index in [1.807, 2.05) is 25.1 Å². The van der Waals surface area contributed by atoms with E-state index >= 15 is 0 Å². The molecule has 0 aliphatic heterocycles. The number of para-hydroxylation sites is 1. The van der Waals surface area contributed by atoms with E-state index in [2.05, 4.69) is 27.9 Å². The topological polar surface area (TPSA) is 47.0 Å². The molecule has 4 nitrogen and oxygen atoms in total. The third-order valence-corrected chi connectivity index (χ3v) is 4.20. The molecule has 1 heterocycles.